The lowest BCUT2D eigenvalue weighted by molar-refractivity contribution is -0.160. The third-order valence-corrected chi connectivity index (χ3v) is 6.64. The van der Waals surface area contributed by atoms with Gasteiger partial charge in [-0.1, -0.05) is 35.3 Å². The third kappa shape index (κ3) is 5.99. The van der Waals surface area contributed by atoms with Crippen LogP contribution in [-0.4, -0.2) is 41.9 Å². The molecule has 31 heavy (non-hydrogen) atoms. The Morgan fingerprint density at radius 3 is 2.68 bits per heavy atom. The number of nitrogens with zero attached hydrogens (tertiary/aromatic N) is 1. The van der Waals surface area contributed by atoms with Gasteiger partial charge in [0.05, 0.1) is 16.8 Å². The zero-order chi connectivity index (χ0) is 22.5. The molecule has 0 saturated carbocycles. The van der Waals surface area contributed by atoms with Crippen LogP contribution < -0.4 is 5.32 Å². The number of nitrogens with one attached hydrogen (secondary N) is 1. The number of piperidine rings is 1. The highest BCUT2D eigenvalue weighted by atomic mass is 35.5. The van der Waals surface area contributed by atoms with Gasteiger partial charge in [0.2, 0.25) is 0 Å². The largest absolute Gasteiger partial charge is 0.452 e. The fourth-order valence-electron chi connectivity index (χ4n) is 3.50. The van der Waals surface area contributed by atoms with Crippen molar-refractivity contribution in [3.05, 3.63) is 56.2 Å². The molecule has 1 aliphatic rings. The molecule has 1 fully saturated rings. The minimum absolute atomic E-state index is 0.0769. The summed E-state index contributed by atoms with van der Waals surface area (Å²) in [5.74, 6) is -1.42. The summed E-state index contributed by atoms with van der Waals surface area (Å²) in [5, 5.41) is 5.61. The van der Waals surface area contributed by atoms with E-state index in [-0.39, 0.29) is 11.9 Å². The maximum Gasteiger partial charge on any atom is 0.311 e. The van der Waals surface area contributed by atoms with Crippen molar-refractivity contribution in [2.24, 2.45) is 5.92 Å². The number of thiophene rings is 1. The Labute approximate surface area is 195 Å². The molecule has 0 radical (unpaired) electrons. The van der Waals surface area contributed by atoms with Gasteiger partial charge in [0, 0.05) is 23.1 Å². The summed E-state index contributed by atoms with van der Waals surface area (Å²) < 4.78 is 5.42. The number of ether oxygens (including phenoxy) is 1. The fourth-order valence-corrected chi connectivity index (χ4v) is 4.76. The van der Waals surface area contributed by atoms with E-state index in [4.69, 9.17) is 27.9 Å². The van der Waals surface area contributed by atoms with Crippen LogP contribution in [0, 0.1) is 5.92 Å². The minimum atomic E-state index is -0.968. The van der Waals surface area contributed by atoms with E-state index < -0.39 is 23.9 Å². The Hall–Kier alpha value is -2.09. The molecule has 0 bridgehead atoms. The van der Waals surface area contributed by atoms with Crippen molar-refractivity contribution in [1.82, 2.24) is 10.2 Å². The van der Waals surface area contributed by atoms with Crippen LogP contribution >= 0.6 is 34.5 Å². The van der Waals surface area contributed by atoms with E-state index in [2.05, 4.69) is 5.32 Å². The predicted molar refractivity (Wildman–Crippen MR) is 122 cm³/mol. The molecule has 3 atom stereocenters. The second kappa shape index (κ2) is 10.5. The number of halogens is 2. The Bertz CT molecular complexity index is 951. The van der Waals surface area contributed by atoms with Crippen molar-refractivity contribution in [1.29, 1.82) is 0 Å². The molecule has 9 heteroatoms. The first kappa shape index (κ1) is 23.6. The maximum atomic E-state index is 12.6. The van der Waals surface area contributed by atoms with E-state index in [1.165, 1.54) is 18.3 Å². The minimum Gasteiger partial charge on any atom is -0.452 e. The lowest BCUT2D eigenvalue weighted by atomic mass is 9.98. The van der Waals surface area contributed by atoms with Crippen LogP contribution in [0.4, 0.5) is 0 Å². The van der Waals surface area contributed by atoms with Crippen LogP contribution in [0.2, 0.25) is 10.0 Å². The number of esters is 1. The number of carbonyl (C=O) groups is 3. The van der Waals surface area contributed by atoms with E-state index in [1.54, 1.807) is 36.1 Å². The molecule has 2 amide bonds. The summed E-state index contributed by atoms with van der Waals surface area (Å²) in [4.78, 5) is 40.1. The summed E-state index contributed by atoms with van der Waals surface area (Å²) in [6.07, 6.45) is 0.367. The molecule has 1 aliphatic heterocycles. The lowest BCUT2D eigenvalue weighted by Crippen LogP contribution is -2.44. The van der Waals surface area contributed by atoms with Gasteiger partial charge < -0.3 is 15.0 Å². The second-order valence-corrected chi connectivity index (χ2v) is 9.33. The van der Waals surface area contributed by atoms with Crippen LogP contribution in [0.15, 0.2) is 35.7 Å². The molecule has 6 nitrogen and oxygen atoms in total. The van der Waals surface area contributed by atoms with Crippen molar-refractivity contribution < 1.29 is 19.1 Å². The third-order valence-electron chi connectivity index (χ3n) is 5.22. The van der Waals surface area contributed by atoms with Gasteiger partial charge in [-0.3, -0.25) is 14.4 Å². The van der Waals surface area contributed by atoms with Crippen LogP contribution in [0.25, 0.3) is 0 Å². The highest BCUT2D eigenvalue weighted by Crippen LogP contribution is 2.26. The first-order chi connectivity index (χ1) is 14.8. The summed E-state index contributed by atoms with van der Waals surface area (Å²) in [5.41, 5.74) is 0.716. The Morgan fingerprint density at radius 2 is 2.00 bits per heavy atom. The van der Waals surface area contributed by atoms with Crippen LogP contribution in [0.3, 0.4) is 0 Å². The van der Waals surface area contributed by atoms with Crippen LogP contribution in [0.1, 0.15) is 48.0 Å². The molecule has 0 aliphatic carbocycles. The molecule has 1 saturated heterocycles. The standard InChI is InChI=1S/C22H24Cl2N2O4S/c1-13(17-8-7-16(23)11-18(17)24)25-20(27)14(2)30-22(29)15-5-3-9-26(12-15)21(28)19-6-4-10-31-19/h4,6-8,10-11,13-15H,3,5,9,12H2,1-2H3,(H,25,27). The quantitative estimate of drug-likeness (QED) is 0.604. The number of hydrogen-bond donors (Lipinski definition) is 1. The normalized spacial score (nSPS) is 18.2. The summed E-state index contributed by atoms with van der Waals surface area (Å²) in [7, 11) is 0. The molecule has 2 heterocycles. The second-order valence-electron chi connectivity index (χ2n) is 7.54. The van der Waals surface area contributed by atoms with E-state index in [0.717, 1.165) is 0 Å². The first-order valence-electron chi connectivity index (χ1n) is 10.0. The molecular weight excluding hydrogens is 459 g/mol. The van der Waals surface area contributed by atoms with Crippen molar-refractivity contribution in [2.75, 3.05) is 13.1 Å². The summed E-state index contributed by atoms with van der Waals surface area (Å²) in [6, 6.07) is 8.26. The zero-order valence-corrected chi connectivity index (χ0v) is 19.6. The number of rotatable bonds is 6. The molecular formula is C22H24Cl2N2O4S. The Kier molecular flexibility index (Phi) is 7.97. The van der Waals surface area contributed by atoms with Crippen molar-refractivity contribution in [3.63, 3.8) is 0 Å². The SMILES string of the molecule is CC(OC(=O)C1CCCN(C(=O)c2cccs2)C1)C(=O)NC(C)c1ccc(Cl)cc1Cl. The van der Waals surface area contributed by atoms with Gasteiger partial charge in [-0.05, 0) is 55.8 Å². The van der Waals surface area contributed by atoms with E-state index >= 15 is 0 Å². The van der Waals surface area contributed by atoms with Gasteiger partial charge in [-0.25, -0.2) is 0 Å². The molecule has 0 spiro atoms. The van der Waals surface area contributed by atoms with Gasteiger partial charge in [0.1, 0.15) is 0 Å². The average Bonchev–Trinajstić information content (AvgIpc) is 3.28. The van der Waals surface area contributed by atoms with E-state index in [0.29, 0.717) is 46.4 Å². The average molecular weight is 483 g/mol. The molecule has 166 valence electrons. The highest BCUT2D eigenvalue weighted by Gasteiger charge is 2.32. The van der Waals surface area contributed by atoms with Crippen molar-refractivity contribution >= 4 is 52.3 Å². The molecule has 1 aromatic carbocycles. The topological polar surface area (TPSA) is 75.7 Å². The van der Waals surface area contributed by atoms with Gasteiger partial charge >= 0.3 is 5.97 Å². The van der Waals surface area contributed by atoms with Gasteiger partial charge in [-0.15, -0.1) is 11.3 Å². The number of likely N-dealkylation sites (tertiary alicyclic amines) is 1. The molecule has 2 aromatic rings. The summed E-state index contributed by atoms with van der Waals surface area (Å²) in [6.45, 7) is 4.22. The van der Waals surface area contributed by atoms with Crippen LogP contribution in [0.5, 0.6) is 0 Å². The van der Waals surface area contributed by atoms with E-state index in [1.807, 2.05) is 11.4 Å². The monoisotopic (exact) mass is 482 g/mol. The van der Waals surface area contributed by atoms with Crippen LogP contribution in [-0.2, 0) is 14.3 Å². The van der Waals surface area contributed by atoms with Gasteiger partial charge in [-0.2, -0.15) is 0 Å². The number of amides is 2. The Balaban J connectivity index is 1.54. The lowest BCUT2D eigenvalue weighted by Gasteiger charge is -2.31. The molecule has 1 N–H and O–H groups in total. The Morgan fingerprint density at radius 1 is 1.23 bits per heavy atom. The zero-order valence-electron chi connectivity index (χ0n) is 17.3. The molecule has 3 rings (SSSR count). The maximum absolute atomic E-state index is 12.6. The number of hydrogen-bond acceptors (Lipinski definition) is 5. The number of carbonyl (C=O) groups excluding carboxylic acids is 3. The van der Waals surface area contributed by atoms with E-state index in [9.17, 15) is 14.4 Å². The highest BCUT2D eigenvalue weighted by molar-refractivity contribution is 7.12. The molecule has 3 unspecified atom stereocenters. The van der Waals surface area contributed by atoms with Crippen molar-refractivity contribution in [3.8, 4) is 0 Å². The predicted octanol–water partition coefficient (Wildman–Crippen LogP) is 4.72. The van der Waals surface area contributed by atoms with Gasteiger partial charge in [0.15, 0.2) is 6.10 Å². The fraction of sp³-hybridized carbons (Fsp3) is 0.409. The smallest absolute Gasteiger partial charge is 0.311 e. The molecule has 1 aromatic heterocycles. The summed E-state index contributed by atoms with van der Waals surface area (Å²) >= 11 is 13.5. The number of benzene rings is 1. The van der Waals surface area contributed by atoms with Crippen molar-refractivity contribution in [2.45, 2.75) is 38.8 Å². The van der Waals surface area contributed by atoms with Gasteiger partial charge in [0.25, 0.3) is 11.8 Å². The first-order valence-corrected chi connectivity index (χ1v) is 11.7.